The number of nitrogens with zero attached hydrogens (tertiary/aromatic N) is 1. The molecule has 0 bridgehead atoms. The number of hydrogen-bond donors (Lipinski definition) is 3. The van der Waals surface area contributed by atoms with Crippen LogP contribution in [0.3, 0.4) is 0 Å². The Morgan fingerprint density at radius 3 is 2.63 bits per heavy atom. The summed E-state index contributed by atoms with van der Waals surface area (Å²) < 4.78 is 5.68. The molecule has 0 aromatic carbocycles. The smallest absolute Gasteiger partial charge is 0.253 e. The number of aromatic amines is 1. The van der Waals surface area contributed by atoms with Crippen molar-refractivity contribution in [1.29, 1.82) is 0 Å². The van der Waals surface area contributed by atoms with Gasteiger partial charge < -0.3 is 25.3 Å². The SMILES string of the molecule is CC(C)C(C)CC(NC(=O)c1cc[nH]c1)C(=O)NC1C(=O)COC1CN1CCCC1. The van der Waals surface area contributed by atoms with Gasteiger partial charge in [-0.3, -0.25) is 14.4 Å². The van der Waals surface area contributed by atoms with Crippen molar-refractivity contribution in [3.05, 3.63) is 24.0 Å². The Labute approximate surface area is 178 Å². The van der Waals surface area contributed by atoms with Crippen LogP contribution in [-0.4, -0.2) is 71.9 Å². The largest absolute Gasteiger partial charge is 0.367 e. The molecule has 0 saturated carbocycles. The lowest BCUT2D eigenvalue weighted by atomic mass is 9.90. The van der Waals surface area contributed by atoms with Gasteiger partial charge in [0.15, 0.2) is 5.78 Å². The minimum absolute atomic E-state index is 0.0201. The van der Waals surface area contributed by atoms with E-state index in [1.165, 1.54) is 0 Å². The van der Waals surface area contributed by atoms with Gasteiger partial charge in [-0.2, -0.15) is 0 Å². The third-order valence-corrected chi connectivity index (χ3v) is 6.32. The van der Waals surface area contributed by atoms with Crippen molar-refractivity contribution >= 4 is 17.6 Å². The molecule has 3 heterocycles. The molecule has 2 fully saturated rings. The maximum absolute atomic E-state index is 13.1. The summed E-state index contributed by atoms with van der Waals surface area (Å²) >= 11 is 0. The average molecular weight is 419 g/mol. The van der Waals surface area contributed by atoms with E-state index in [0.29, 0.717) is 24.4 Å². The van der Waals surface area contributed by atoms with Crippen LogP contribution >= 0.6 is 0 Å². The summed E-state index contributed by atoms with van der Waals surface area (Å²) in [6.07, 6.45) is 5.71. The van der Waals surface area contributed by atoms with E-state index in [-0.39, 0.29) is 36.2 Å². The number of Topliss-reactive ketones (excluding diaryl/α,β-unsaturated/α-hetero) is 1. The van der Waals surface area contributed by atoms with Crippen molar-refractivity contribution in [1.82, 2.24) is 20.5 Å². The van der Waals surface area contributed by atoms with Gasteiger partial charge in [0.05, 0.1) is 11.7 Å². The molecule has 8 nitrogen and oxygen atoms in total. The lowest BCUT2D eigenvalue weighted by molar-refractivity contribution is -0.128. The van der Waals surface area contributed by atoms with Crippen LogP contribution in [0.2, 0.25) is 0 Å². The molecule has 2 saturated heterocycles. The number of amides is 2. The molecule has 2 aliphatic heterocycles. The Kier molecular flexibility index (Phi) is 7.66. The highest BCUT2D eigenvalue weighted by molar-refractivity contribution is 5.98. The van der Waals surface area contributed by atoms with E-state index in [2.05, 4.69) is 41.3 Å². The quantitative estimate of drug-likeness (QED) is 0.562. The minimum atomic E-state index is -0.717. The molecule has 0 aliphatic carbocycles. The van der Waals surface area contributed by atoms with E-state index < -0.39 is 12.1 Å². The van der Waals surface area contributed by atoms with E-state index >= 15 is 0 Å². The summed E-state index contributed by atoms with van der Waals surface area (Å²) in [5.74, 6) is -0.163. The number of aromatic nitrogens is 1. The zero-order valence-corrected chi connectivity index (χ0v) is 18.1. The number of carbonyl (C=O) groups excluding carboxylic acids is 3. The Morgan fingerprint density at radius 1 is 1.27 bits per heavy atom. The average Bonchev–Trinajstić information content (AvgIpc) is 3.46. The Hall–Kier alpha value is -2.19. The van der Waals surface area contributed by atoms with Gasteiger partial charge in [0, 0.05) is 18.9 Å². The van der Waals surface area contributed by atoms with Gasteiger partial charge in [-0.05, 0) is 50.3 Å². The first-order valence-electron chi connectivity index (χ1n) is 11.0. The van der Waals surface area contributed by atoms with Crippen LogP contribution in [0, 0.1) is 11.8 Å². The van der Waals surface area contributed by atoms with Crippen molar-refractivity contribution in [2.24, 2.45) is 11.8 Å². The Balaban J connectivity index is 1.67. The highest BCUT2D eigenvalue weighted by Crippen LogP contribution is 2.19. The molecule has 3 rings (SSSR count). The van der Waals surface area contributed by atoms with Gasteiger partial charge in [0.25, 0.3) is 5.91 Å². The molecule has 166 valence electrons. The second-order valence-corrected chi connectivity index (χ2v) is 8.89. The summed E-state index contributed by atoms with van der Waals surface area (Å²) in [5, 5.41) is 5.73. The zero-order chi connectivity index (χ0) is 21.7. The standard InChI is InChI=1S/C22H34N4O4/c1-14(2)15(3)10-17(24-21(28)16-6-7-23-11-16)22(29)25-20-18(27)13-30-19(20)12-26-8-4-5-9-26/h6-7,11,14-15,17,19-20,23H,4-5,8-10,12-13H2,1-3H3,(H,24,28)(H,25,29). The molecule has 3 N–H and O–H groups in total. The van der Waals surface area contributed by atoms with Crippen molar-refractivity contribution < 1.29 is 19.1 Å². The van der Waals surface area contributed by atoms with E-state index in [4.69, 9.17) is 4.74 Å². The van der Waals surface area contributed by atoms with Crippen molar-refractivity contribution in [2.45, 2.75) is 58.2 Å². The van der Waals surface area contributed by atoms with E-state index in [1.54, 1.807) is 18.5 Å². The minimum Gasteiger partial charge on any atom is -0.367 e. The number of nitrogens with one attached hydrogen (secondary N) is 3. The summed E-state index contributed by atoms with van der Waals surface area (Å²) in [6, 6.07) is 0.279. The number of rotatable bonds is 9. The molecule has 1 aromatic heterocycles. The maximum Gasteiger partial charge on any atom is 0.253 e. The molecule has 2 aliphatic rings. The highest BCUT2D eigenvalue weighted by atomic mass is 16.5. The van der Waals surface area contributed by atoms with Crippen LogP contribution in [0.4, 0.5) is 0 Å². The van der Waals surface area contributed by atoms with Gasteiger partial charge in [-0.1, -0.05) is 20.8 Å². The fraction of sp³-hybridized carbons (Fsp3) is 0.682. The van der Waals surface area contributed by atoms with Crippen LogP contribution in [0.5, 0.6) is 0 Å². The van der Waals surface area contributed by atoms with Crippen LogP contribution in [0.25, 0.3) is 0 Å². The third kappa shape index (κ3) is 5.70. The fourth-order valence-electron chi connectivity index (χ4n) is 3.97. The zero-order valence-electron chi connectivity index (χ0n) is 18.1. The van der Waals surface area contributed by atoms with Crippen LogP contribution in [0.15, 0.2) is 18.5 Å². The number of carbonyl (C=O) groups is 3. The second kappa shape index (κ2) is 10.2. The highest BCUT2D eigenvalue weighted by Gasteiger charge is 2.39. The van der Waals surface area contributed by atoms with Gasteiger partial charge >= 0.3 is 0 Å². The molecule has 0 radical (unpaired) electrons. The maximum atomic E-state index is 13.1. The molecule has 8 heteroatoms. The first-order valence-corrected chi connectivity index (χ1v) is 11.0. The van der Waals surface area contributed by atoms with Crippen molar-refractivity contribution in [3.63, 3.8) is 0 Å². The predicted molar refractivity (Wildman–Crippen MR) is 113 cm³/mol. The normalized spacial score (nSPS) is 24.2. The predicted octanol–water partition coefficient (Wildman–Crippen LogP) is 1.34. The van der Waals surface area contributed by atoms with Gasteiger partial charge in [-0.25, -0.2) is 0 Å². The van der Waals surface area contributed by atoms with Crippen LogP contribution in [0.1, 0.15) is 50.4 Å². The molecule has 4 atom stereocenters. The first kappa shape index (κ1) is 22.5. The summed E-state index contributed by atoms with van der Waals surface area (Å²) in [4.78, 5) is 43.2. The molecular formula is C22H34N4O4. The van der Waals surface area contributed by atoms with Gasteiger partial charge in [-0.15, -0.1) is 0 Å². The van der Waals surface area contributed by atoms with Crippen molar-refractivity contribution in [3.8, 4) is 0 Å². The molecular weight excluding hydrogens is 384 g/mol. The second-order valence-electron chi connectivity index (χ2n) is 8.89. The van der Waals surface area contributed by atoms with Crippen LogP contribution in [-0.2, 0) is 14.3 Å². The molecule has 1 aromatic rings. The number of ether oxygens (including phenoxy) is 1. The summed E-state index contributed by atoms with van der Waals surface area (Å²) in [5.41, 5.74) is 0.470. The summed E-state index contributed by atoms with van der Waals surface area (Å²) in [6.45, 7) is 8.90. The topological polar surface area (TPSA) is 104 Å². The fourth-order valence-corrected chi connectivity index (χ4v) is 3.97. The molecule has 2 amide bonds. The number of H-pyrrole nitrogens is 1. The van der Waals surface area contributed by atoms with Gasteiger partial charge in [0.1, 0.15) is 18.7 Å². The monoisotopic (exact) mass is 418 g/mol. The number of hydrogen-bond acceptors (Lipinski definition) is 5. The number of ketones is 1. The van der Waals surface area contributed by atoms with Gasteiger partial charge in [0.2, 0.25) is 5.91 Å². The lowest BCUT2D eigenvalue weighted by Crippen LogP contribution is -2.55. The lowest BCUT2D eigenvalue weighted by Gasteiger charge is -2.27. The van der Waals surface area contributed by atoms with Crippen molar-refractivity contribution in [2.75, 3.05) is 26.2 Å². The number of likely N-dealkylation sites (tertiary alicyclic amines) is 1. The van der Waals surface area contributed by atoms with E-state index in [9.17, 15) is 14.4 Å². The molecule has 30 heavy (non-hydrogen) atoms. The van der Waals surface area contributed by atoms with E-state index in [0.717, 1.165) is 25.9 Å². The molecule has 0 spiro atoms. The molecule has 4 unspecified atom stereocenters. The van der Waals surface area contributed by atoms with E-state index in [1.807, 2.05) is 0 Å². The Bertz CT molecular complexity index is 728. The summed E-state index contributed by atoms with van der Waals surface area (Å²) in [7, 11) is 0. The Morgan fingerprint density at radius 2 is 2.00 bits per heavy atom. The third-order valence-electron chi connectivity index (χ3n) is 6.32. The van der Waals surface area contributed by atoms with Crippen LogP contribution < -0.4 is 10.6 Å². The first-order chi connectivity index (χ1) is 14.3.